The first-order valence-electron chi connectivity index (χ1n) is 7.52. The average Bonchev–Trinajstić information content (AvgIpc) is 2.63. The van der Waals surface area contributed by atoms with Gasteiger partial charge in [0.25, 0.3) is 0 Å². The second-order valence-corrected chi connectivity index (χ2v) is 5.08. The Morgan fingerprint density at radius 3 is 2.29 bits per heavy atom. The van der Waals surface area contributed by atoms with Crippen molar-refractivity contribution in [1.82, 2.24) is 0 Å². The lowest BCUT2D eigenvalue weighted by molar-refractivity contribution is 0.627. The van der Waals surface area contributed by atoms with Gasteiger partial charge in [-0.1, -0.05) is 48.2 Å². The molecule has 0 bridgehead atoms. The van der Waals surface area contributed by atoms with Crippen LogP contribution in [0.4, 0.5) is 10.1 Å². The zero-order chi connectivity index (χ0) is 16.6. The molecule has 0 aliphatic rings. The van der Waals surface area contributed by atoms with Gasteiger partial charge in [-0.15, -0.1) is 0 Å². The van der Waals surface area contributed by atoms with Crippen molar-refractivity contribution >= 4 is 11.9 Å². The van der Waals surface area contributed by atoms with Gasteiger partial charge in [0.1, 0.15) is 5.82 Å². The monoisotopic (exact) mass is 314 g/mol. The van der Waals surface area contributed by atoms with Gasteiger partial charge in [0.15, 0.2) is 0 Å². The molecular formula is C21H15FN2. The van der Waals surface area contributed by atoms with Gasteiger partial charge in [-0.2, -0.15) is 5.10 Å². The Bertz CT molecular complexity index is 891. The Kier molecular flexibility index (Phi) is 5.01. The fraction of sp³-hybridized carbons (Fsp3) is 0. The largest absolute Gasteiger partial charge is 0.279 e. The van der Waals surface area contributed by atoms with E-state index in [4.69, 9.17) is 0 Å². The van der Waals surface area contributed by atoms with Crippen molar-refractivity contribution in [2.75, 3.05) is 5.43 Å². The van der Waals surface area contributed by atoms with Gasteiger partial charge in [-0.05, 0) is 42.5 Å². The number of para-hydroxylation sites is 1. The van der Waals surface area contributed by atoms with E-state index in [9.17, 15) is 4.39 Å². The van der Waals surface area contributed by atoms with Crippen LogP contribution in [-0.2, 0) is 0 Å². The van der Waals surface area contributed by atoms with Crippen molar-refractivity contribution in [2.45, 2.75) is 0 Å². The minimum atomic E-state index is -0.319. The summed E-state index contributed by atoms with van der Waals surface area (Å²) in [6, 6.07) is 23.7. The molecule has 0 aliphatic heterocycles. The van der Waals surface area contributed by atoms with Crippen LogP contribution in [0.25, 0.3) is 0 Å². The Labute approximate surface area is 140 Å². The van der Waals surface area contributed by atoms with Gasteiger partial charge >= 0.3 is 0 Å². The minimum Gasteiger partial charge on any atom is -0.279 e. The molecule has 3 aromatic carbocycles. The summed E-state index contributed by atoms with van der Waals surface area (Å²) >= 11 is 0. The Morgan fingerprint density at radius 1 is 0.833 bits per heavy atom. The lowest BCUT2D eigenvalue weighted by Crippen LogP contribution is -1.94. The lowest BCUT2D eigenvalue weighted by atomic mass is 10.1. The summed E-state index contributed by atoms with van der Waals surface area (Å²) in [5.41, 5.74) is 6.05. The van der Waals surface area contributed by atoms with E-state index in [1.54, 1.807) is 12.3 Å². The molecule has 0 unspecified atom stereocenters. The molecule has 0 aliphatic carbocycles. The van der Waals surface area contributed by atoms with Gasteiger partial charge in [0.05, 0.1) is 11.9 Å². The summed E-state index contributed by atoms with van der Waals surface area (Å²) < 4.78 is 13.5. The first-order valence-corrected chi connectivity index (χ1v) is 7.52. The topological polar surface area (TPSA) is 24.4 Å². The number of nitrogens with one attached hydrogen (secondary N) is 1. The van der Waals surface area contributed by atoms with E-state index in [2.05, 4.69) is 22.4 Å². The van der Waals surface area contributed by atoms with Crippen LogP contribution in [0.2, 0.25) is 0 Å². The molecule has 3 heteroatoms. The summed E-state index contributed by atoms with van der Waals surface area (Å²) in [6.07, 6.45) is 1.64. The molecule has 0 atom stereocenters. The highest BCUT2D eigenvalue weighted by Crippen LogP contribution is 2.10. The molecule has 0 heterocycles. The molecule has 3 aromatic rings. The number of rotatable bonds is 3. The van der Waals surface area contributed by atoms with Crippen LogP contribution in [0.1, 0.15) is 16.7 Å². The summed E-state index contributed by atoms with van der Waals surface area (Å²) in [5, 5.41) is 4.19. The van der Waals surface area contributed by atoms with Gasteiger partial charge in [-0.3, -0.25) is 5.43 Å². The smallest absolute Gasteiger partial charge is 0.124 e. The predicted molar refractivity (Wildman–Crippen MR) is 96.5 cm³/mol. The van der Waals surface area contributed by atoms with Crippen LogP contribution in [0, 0.1) is 17.7 Å². The van der Waals surface area contributed by atoms with Gasteiger partial charge in [0, 0.05) is 16.7 Å². The summed E-state index contributed by atoms with van der Waals surface area (Å²) in [4.78, 5) is 0. The molecule has 0 saturated carbocycles. The summed E-state index contributed by atoms with van der Waals surface area (Å²) in [7, 11) is 0. The molecule has 116 valence electrons. The van der Waals surface area contributed by atoms with Crippen LogP contribution in [0.15, 0.2) is 84.0 Å². The standard InChI is InChI=1S/C21H15FN2/c22-20-14-13-19(16-23-24-21-9-5-2-6-10-21)18(15-20)12-11-17-7-3-1-4-8-17/h1-10,13-16,24H. The third kappa shape index (κ3) is 4.31. The molecule has 2 nitrogen and oxygen atoms in total. The number of hydrazone groups is 1. The Balaban J connectivity index is 1.82. The number of anilines is 1. The van der Waals surface area contributed by atoms with E-state index < -0.39 is 0 Å². The van der Waals surface area contributed by atoms with E-state index in [0.29, 0.717) is 5.56 Å². The van der Waals surface area contributed by atoms with Crippen molar-refractivity contribution in [3.05, 3.63) is 101 Å². The van der Waals surface area contributed by atoms with Gasteiger partial charge in [-0.25, -0.2) is 4.39 Å². The highest BCUT2D eigenvalue weighted by molar-refractivity contribution is 5.84. The first kappa shape index (κ1) is 15.5. The average molecular weight is 314 g/mol. The van der Waals surface area contributed by atoms with Crippen molar-refractivity contribution < 1.29 is 4.39 Å². The zero-order valence-corrected chi connectivity index (χ0v) is 12.9. The number of halogens is 1. The van der Waals surface area contributed by atoms with E-state index in [0.717, 1.165) is 16.8 Å². The quantitative estimate of drug-likeness (QED) is 0.424. The van der Waals surface area contributed by atoms with Gasteiger partial charge in [0.2, 0.25) is 0 Å². The molecular weight excluding hydrogens is 299 g/mol. The van der Waals surface area contributed by atoms with Crippen molar-refractivity contribution in [3.63, 3.8) is 0 Å². The first-order chi connectivity index (χ1) is 11.8. The van der Waals surface area contributed by atoms with E-state index in [1.807, 2.05) is 60.7 Å². The fourth-order valence-corrected chi connectivity index (χ4v) is 2.10. The highest BCUT2D eigenvalue weighted by Gasteiger charge is 2.00. The number of hydrogen-bond donors (Lipinski definition) is 1. The van der Waals surface area contributed by atoms with Crippen LogP contribution in [0.3, 0.4) is 0 Å². The summed E-state index contributed by atoms with van der Waals surface area (Å²) in [5.74, 6) is 5.73. The summed E-state index contributed by atoms with van der Waals surface area (Å²) in [6.45, 7) is 0. The van der Waals surface area contributed by atoms with Crippen LogP contribution in [-0.4, -0.2) is 6.21 Å². The van der Waals surface area contributed by atoms with E-state index in [-0.39, 0.29) is 5.82 Å². The molecule has 0 amide bonds. The maximum Gasteiger partial charge on any atom is 0.124 e. The second-order valence-electron chi connectivity index (χ2n) is 5.08. The SMILES string of the molecule is Fc1ccc(C=NNc2ccccc2)c(C#Cc2ccccc2)c1. The van der Waals surface area contributed by atoms with E-state index in [1.165, 1.54) is 12.1 Å². The van der Waals surface area contributed by atoms with Crippen LogP contribution >= 0.6 is 0 Å². The number of benzene rings is 3. The third-order valence-corrected chi connectivity index (χ3v) is 3.30. The minimum absolute atomic E-state index is 0.319. The highest BCUT2D eigenvalue weighted by atomic mass is 19.1. The predicted octanol–water partition coefficient (Wildman–Crippen LogP) is 4.67. The third-order valence-electron chi connectivity index (χ3n) is 3.30. The van der Waals surface area contributed by atoms with Crippen LogP contribution < -0.4 is 5.43 Å². The van der Waals surface area contributed by atoms with Crippen LogP contribution in [0.5, 0.6) is 0 Å². The van der Waals surface area contributed by atoms with Crippen molar-refractivity contribution in [3.8, 4) is 11.8 Å². The Morgan fingerprint density at radius 2 is 1.54 bits per heavy atom. The van der Waals surface area contributed by atoms with Crippen molar-refractivity contribution in [1.29, 1.82) is 0 Å². The fourth-order valence-electron chi connectivity index (χ4n) is 2.10. The molecule has 3 rings (SSSR count). The molecule has 0 saturated heterocycles. The normalized spacial score (nSPS) is 10.2. The van der Waals surface area contributed by atoms with Crippen molar-refractivity contribution in [2.24, 2.45) is 5.10 Å². The maximum absolute atomic E-state index is 13.5. The second kappa shape index (κ2) is 7.75. The lowest BCUT2D eigenvalue weighted by Gasteiger charge is -2.01. The zero-order valence-electron chi connectivity index (χ0n) is 12.9. The number of nitrogens with zero attached hydrogens (tertiary/aromatic N) is 1. The molecule has 24 heavy (non-hydrogen) atoms. The molecule has 0 spiro atoms. The molecule has 1 N–H and O–H groups in total. The number of hydrogen-bond acceptors (Lipinski definition) is 2. The van der Waals surface area contributed by atoms with Gasteiger partial charge < -0.3 is 0 Å². The molecule has 0 fully saturated rings. The van der Waals surface area contributed by atoms with E-state index >= 15 is 0 Å². The Hall–Kier alpha value is -3.38. The molecule has 0 radical (unpaired) electrons. The molecule has 0 aromatic heterocycles. The maximum atomic E-state index is 13.5.